The number of nitrogens with one attached hydrogen (secondary N) is 1. The number of likely N-dealkylation sites (tertiary alicyclic amines) is 1. The van der Waals surface area contributed by atoms with E-state index in [-0.39, 0.29) is 17.6 Å². The Labute approximate surface area is 228 Å². The number of piperidine rings is 1. The zero-order valence-corrected chi connectivity index (χ0v) is 22.4. The highest BCUT2D eigenvalue weighted by Crippen LogP contribution is 2.39. The lowest BCUT2D eigenvalue weighted by molar-refractivity contribution is -0.137. The van der Waals surface area contributed by atoms with Crippen LogP contribution in [0.4, 0.5) is 13.2 Å². The monoisotopic (exact) mass is 581 g/mol. The second-order valence-electron chi connectivity index (χ2n) is 9.59. The van der Waals surface area contributed by atoms with Crippen molar-refractivity contribution in [1.29, 1.82) is 0 Å². The number of halogens is 4. The summed E-state index contributed by atoms with van der Waals surface area (Å²) in [6.07, 6.45) is -2.77. The fourth-order valence-electron chi connectivity index (χ4n) is 4.92. The fraction of sp³-hybridized carbons (Fsp3) is 0.233. The highest BCUT2D eigenvalue weighted by Gasteiger charge is 2.34. The maximum absolute atomic E-state index is 14.1. The van der Waals surface area contributed by atoms with Crippen LogP contribution in [0.5, 0.6) is 0 Å². The van der Waals surface area contributed by atoms with Gasteiger partial charge in [0, 0.05) is 16.1 Å². The van der Waals surface area contributed by atoms with Gasteiger partial charge in [-0.3, -0.25) is 4.79 Å². The Hall–Kier alpha value is -3.36. The first-order valence-electron chi connectivity index (χ1n) is 12.4. The zero-order valence-electron chi connectivity index (χ0n) is 20.8. The number of carbonyl (C=O) groups is 1. The number of hydrogen-bond acceptors (Lipinski definition) is 2. The lowest BCUT2D eigenvalue weighted by atomic mass is 10.0. The quantitative estimate of drug-likeness (QED) is 0.266. The van der Waals surface area contributed by atoms with Gasteiger partial charge in [-0.1, -0.05) is 52.3 Å². The third-order valence-corrected chi connectivity index (χ3v) is 7.47. The van der Waals surface area contributed by atoms with Gasteiger partial charge in [0.1, 0.15) is 0 Å². The molecule has 1 aliphatic rings. The molecule has 1 aromatic heterocycles. The Morgan fingerprint density at radius 2 is 1.53 bits per heavy atom. The van der Waals surface area contributed by atoms with Crippen molar-refractivity contribution in [3.63, 3.8) is 0 Å². The van der Waals surface area contributed by atoms with Gasteiger partial charge in [0.25, 0.3) is 5.91 Å². The molecule has 196 valence electrons. The maximum atomic E-state index is 14.1. The van der Waals surface area contributed by atoms with Crippen LogP contribution in [0.1, 0.15) is 28.8 Å². The Morgan fingerprint density at radius 3 is 2.21 bits per heavy atom. The molecule has 1 fully saturated rings. The zero-order chi connectivity index (χ0) is 26.9. The molecule has 0 radical (unpaired) electrons. The highest BCUT2D eigenvalue weighted by molar-refractivity contribution is 9.10. The number of amides is 1. The largest absolute Gasteiger partial charge is 0.418 e. The maximum Gasteiger partial charge on any atom is 0.418 e. The van der Waals surface area contributed by atoms with E-state index in [4.69, 9.17) is 0 Å². The van der Waals surface area contributed by atoms with Crippen LogP contribution in [-0.2, 0) is 6.18 Å². The molecule has 0 bridgehead atoms. The molecule has 1 saturated heterocycles. The second kappa shape index (κ2) is 10.8. The summed E-state index contributed by atoms with van der Waals surface area (Å²) in [4.78, 5) is 15.3. The summed E-state index contributed by atoms with van der Waals surface area (Å²) >= 11 is 3.43. The highest BCUT2D eigenvalue weighted by atomic mass is 79.9. The minimum absolute atomic E-state index is 0.0269. The Morgan fingerprint density at radius 1 is 0.868 bits per heavy atom. The summed E-state index contributed by atoms with van der Waals surface area (Å²) in [5.74, 6) is -0.177. The summed E-state index contributed by atoms with van der Waals surface area (Å²) in [6, 6.07) is 23.8. The van der Waals surface area contributed by atoms with E-state index in [2.05, 4.69) is 33.2 Å². The summed E-state index contributed by atoms with van der Waals surface area (Å²) in [5, 5.41) is 3.12. The predicted octanol–water partition coefficient (Wildman–Crippen LogP) is 7.42. The van der Waals surface area contributed by atoms with Crippen LogP contribution in [0.2, 0.25) is 0 Å². The smallest absolute Gasteiger partial charge is 0.349 e. The minimum atomic E-state index is -4.54. The van der Waals surface area contributed by atoms with Crippen LogP contribution in [0.25, 0.3) is 28.2 Å². The van der Waals surface area contributed by atoms with Gasteiger partial charge < -0.3 is 14.8 Å². The molecule has 0 saturated carbocycles. The van der Waals surface area contributed by atoms with Crippen LogP contribution in [0.15, 0.2) is 89.4 Å². The molecule has 38 heavy (non-hydrogen) atoms. The minimum Gasteiger partial charge on any atom is -0.349 e. The van der Waals surface area contributed by atoms with E-state index in [9.17, 15) is 18.0 Å². The number of rotatable bonds is 5. The summed E-state index contributed by atoms with van der Waals surface area (Å²) < 4.78 is 44.8. The lowest BCUT2D eigenvalue weighted by Gasteiger charge is -2.29. The van der Waals surface area contributed by atoms with Gasteiger partial charge in [-0.25, -0.2) is 0 Å². The number of nitrogens with zero attached hydrogens (tertiary/aromatic N) is 2. The number of alkyl halides is 3. The van der Waals surface area contributed by atoms with Gasteiger partial charge in [-0.05, 0) is 92.6 Å². The summed E-state index contributed by atoms with van der Waals surface area (Å²) in [6.45, 7) is 1.85. The van der Waals surface area contributed by atoms with Gasteiger partial charge in [0.2, 0.25) is 0 Å². The molecule has 5 rings (SSSR count). The normalized spacial score (nSPS) is 15.0. The van der Waals surface area contributed by atoms with E-state index in [0.29, 0.717) is 22.5 Å². The lowest BCUT2D eigenvalue weighted by Crippen LogP contribution is -2.43. The van der Waals surface area contributed by atoms with E-state index in [1.165, 1.54) is 12.1 Å². The Bertz CT molecular complexity index is 1440. The van der Waals surface area contributed by atoms with Crippen molar-refractivity contribution in [3.05, 3.63) is 101 Å². The van der Waals surface area contributed by atoms with E-state index < -0.39 is 11.7 Å². The third kappa shape index (κ3) is 5.56. The average Bonchev–Trinajstić information content (AvgIpc) is 3.35. The Kier molecular flexibility index (Phi) is 7.45. The van der Waals surface area contributed by atoms with E-state index >= 15 is 0 Å². The number of hydrogen-bond donors (Lipinski definition) is 1. The van der Waals surface area contributed by atoms with Gasteiger partial charge in [-0.2, -0.15) is 13.2 Å². The molecule has 4 aromatic rings. The Balaban J connectivity index is 1.59. The molecule has 0 aliphatic carbocycles. The fourth-order valence-corrected chi connectivity index (χ4v) is 5.18. The molecular weight excluding hydrogens is 555 g/mol. The van der Waals surface area contributed by atoms with Crippen LogP contribution in [0, 0.1) is 0 Å². The molecule has 3 aromatic carbocycles. The molecule has 8 heteroatoms. The van der Waals surface area contributed by atoms with Gasteiger partial charge >= 0.3 is 6.18 Å². The first kappa shape index (κ1) is 26.3. The van der Waals surface area contributed by atoms with Crippen molar-refractivity contribution in [2.75, 3.05) is 20.1 Å². The van der Waals surface area contributed by atoms with Crippen molar-refractivity contribution in [2.24, 2.45) is 0 Å². The standard InChI is InChI=1S/C30H27BrF3N3O/c1-36-17-15-24(16-18-36)35-29(38)22-6-4-5-21(19-22)27-14-13-26(20-9-11-23(31)12-10-20)37(27)28-8-3-2-7-25(28)30(32,33)34/h2-14,19,24H,15-18H2,1H3,(H,35,38). The molecular formula is C30H27BrF3N3O. The molecule has 0 spiro atoms. The molecule has 1 aliphatic heterocycles. The van der Waals surface area contributed by atoms with Crippen molar-refractivity contribution in [2.45, 2.75) is 25.1 Å². The topological polar surface area (TPSA) is 37.3 Å². The van der Waals surface area contributed by atoms with E-state index in [1.54, 1.807) is 34.9 Å². The van der Waals surface area contributed by atoms with Crippen molar-refractivity contribution < 1.29 is 18.0 Å². The number of carbonyl (C=O) groups excluding carboxylic acids is 1. The van der Waals surface area contributed by atoms with E-state index in [1.807, 2.05) is 36.4 Å². The predicted molar refractivity (Wildman–Crippen MR) is 147 cm³/mol. The van der Waals surface area contributed by atoms with Crippen molar-refractivity contribution >= 4 is 21.8 Å². The van der Waals surface area contributed by atoms with Crippen LogP contribution >= 0.6 is 15.9 Å². The van der Waals surface area contributed by atoms with Gasteiger partial charge in [0.05, 0.1) is 22.6 Å². The van der Waals surface area contributed by atoms with Gasteiger partial charge in [0.15, 0.2) is 0 Å². The van der Waals surface area contributed by atoms with Crippen molar-refractivity contribution in [3.8, 4) is 28.2 Å². The molecule has 4 nitrogen and oxygen atoms in total. The van der Waals surface area contributed by atoms with Crippen LogP contribution in [-0.4, -0.2) is 41.6 Å². The number of para-hydroxylation sites is 1. The van der Waals surface area contributed by atoms with E-state index in [0.717, 1.165) is 42.0 Å². The summed E-state index contributed by atoms with van der Waals surface area (Å²) in [7, 11) is 2.07. The second-order valence-corrected chi connectivity index (χ2v) is 10.5. The molecule has 1 amide bonds. The van der Waals surface area contributed by atoms with Gasteiger partial charge in [-0.15, -0.1) is 0 Å². The average molecular weight is 582 g/mol. The molecule has 0 unspecified atom stereocenters. The summed E-state index contributed by atoms with van der Waals surface area (Å²) in [5.41, 5.74) is 2.38. The first-order valence-corrected chi connectivity index (χ1v) is 13.2. The van der Waals surface area contributed by atoms with Crippen molar-refractivity contribution in [1.82, 2.24) is 14.8 Å². The number of aromatic nitrogens is 1. The molecule has 0 atom stereocenters. The number of benzene rings is 3. The van der Waals surface area contributed by atoms with Crippen LogP contribution in [0.3, 0.4) is 0 Å². The molecule has 2 heterocycles. The molecule has 1 N–H and O–H groups in total. The third-order valence-electron chi connectivity index (χ3n) is 6.95. The first-order chi connectivity index (χ1) is 18.2. The van der Waals surface area contributed by atoms with Crippen LogP contribution < -0.4 is 5.32 Å². The SMILES string of the molecule is CN1CCC(NC(=O)c2cccc(-c3ccc(-c4ccc(Br)cc4)n3-c3ccccc3C(F)(F)F)c2)CC1.